The summed E-state index contributed by atoms with van der Waals surface area (Å²) < 4.78 is 5.59. The number of aromatic nitrogens is 1. The molecule has 1 amide bonds. The lowest BCUT2D eigenvalue weighted by atomic mass is 10.2. The van der Waals surface area contributed by atoms with Crippen LogP contribution in [0.5, 0.6) is 0 Å². The molecule has 1 N–H and O–H groups in total. The summed E-state index contributed by atoms with van der Waals surface area (Å²) in [6, 6.07) is 7.24. The first-order valence-electron chi connectivity index (χ1n) is 6.11. The van der Waals surface area contributed by atoms with Crippen molar-refractivity contribution in [2.24, 2.45) is 0 Å². The number of carbonyl (C=O) groups excluding carboxylic acids is 1. The molecule has 1 aromatic heterocycles. The van der Waals surface area contributed by atoms with E-state index in [-0.39, 0.29) is 12.5 Å². The van der Waals surface area contributed by atoms with Gasteiger partial charge in [0.1, 0.15) is 16.8 Å². The molecule has 0 fully saturated rings. The highest BCUT2D eigenvalue weighted by atomic mass is 35.5. The van der Waals surface area contributed by atoms with Crippen LogP contribution >= 0.6 is 23.2 Å². The van der Waals surface area contributed by atoms with Gasteiger partial charge in [0.2, 0.25) is 11.8 Å². The van der Waals surface area contributed by atoms with Gasteiger partial charge >= 0.3 is 0 Å². The van der Waals surface area contributed by atoms with E-state index >= 15 is 0 Å². The third kappa shape index (κ3) is 3.52. The van der Waals surface area contributed by atoms with E-state index in [2.05, 4.69) is 10.3 Å². The first-order valence-corrected chi connectivity index (χ1v) is 6.93. The Bertz CT molecular complexity index is 623. The lowest BCUT2D eigenvalue weighted by Gasteiger charge is -2.04. The molecule has 106 valence electrons. The molecule has 0 aliphatic heterocycles. The number of benzene rings is 1. The van der Waals surface area contributed by atoms with E-state index in [1.165, 1.54) is 0 Å². The zero-order valence-corrected chi connectivity index (χ0v) is 12.6. The first-order chi connectivity index (χ1) is 9.47. The molecule has 6 heteroatoms. The molecule has 1 unspecified atom stereocenters. The van der Waals surface area contributed by atoms with Gasteiger partial charge in [-0.3, -0.25) is 4.79 Å². The molecule has 0 spiro atoms. The Kier molecular flexibility index (Phi) is 4.68. The van der Waals surface area contributed by atoms with Crippen LogP contribution in [0.25, 0.3) is 11.5 Å². The molecule has 1 aromatic carbocycles. The zero-order valence-electron chi connectivity index (χ0n) is 11.1. The zero-order chi connectivity index (χ0) is 14.7. The monoisotopic (exact) mass is 312 g/mol. The fourth-order valence-corrected chi connectivity index (χ4v) is 1.92. The number of aryl methyl sites for hydroxylation is 1. The Morgan fingerprint density at radius 1 is 1.50 bits per heavy atom. The molecule has 20 heavy (non-hydrogen) atoms. The summed E-state index contributed by atoms with van der Waals surface area (Å²) in [5.41, 5.74) is 1.47. The van der Waals surface area contributed by atoms with Gasteiger partial charge in [0, 0.05) is 10.6 Å². The molecule has 1 atom stereocenters. The van der Waals surface area contributed by atoms with Crippen LogP contribution in [0, 0.1) is 6.92 Å². The second-order valence-corrected chi connectivity index (χ2v) is 5.46. The van der Waals surface area contributed by atoms with Crippen LogP contribution in [-0.2, 0) is 11.3 Å². The smallest absolute Gasteiger partial charge is 0.238 e. The fraction of sp³-hybridized carbons (Fsp3) is 0.286. The van der Waals surface area contributed by atoms with Crippen LogP contribution in [0.15, 0.2) is 28.7 Å². The molecular weight excluding hydrogens is 299 g/mol. The van der Waals surface area contributed by atoms with Gasteiger partial charge in [-0.05, 0) is 32.0 Å². The fourth-order valence-electron chi connectivity index (χ4n) is 1.65. The Morgan fingerprint density at radius 2 is 2.25 bits per heavy atom. The molecule has 0 aliphatic rings. The summed E-state index contributed by atoms with van der Waals surface area (Å²) >= 11 is 11.6. The third-order valence-electron chi connectivity index (χ3n) is 2.76. The van der Waals surface area contributed by atoms with Crippen molar-refractivity contribution in [2.45, 2.75) is 25.8 Å². The van der Waals surface area contributed by atoms with Crippen molar-refractivity contribution in [3.63, 3.8) is 0 Å². The lowest BCUT2D eigenvalue weighted by Crippen LogP contribution is -2.29. The van der Waals surface area contributed by atoms with Crippen molar-refractivity contribution in [3.05, 3.63) is 40.7 Å². The Labute approximate surface area is 127 Å². The maximum Gasteiger partial charge on any atom is 0.238 e. The second-order valence-electron chi connectivity index (χ2n) is 4.37. The predicted molar refractivity (Wildman–Crippen MR) is 78.8 cm³/mol. The van der Waals surface area contributed by atoms with Crippen LogP contribution in [-0.4, -0.2) is 16.3 Å². The first kappa shape index (κ1) is 14.9. The Hall–Kier alpha value is -1.52. The predicted octanol–water partition coefficient (Wildman–Crippen LogP) is 3.55. The van der Waals surface area contributed by atoms with Gasteiger partial charge in [0.15, 0.2) is 0 Å². The molecule has 0 saturated carbocycles. The minimum Gasteiger partial charge on any atom is -0.441 e. The minimum absolute atomic E-state index is 0.238. The number of alkyl halides is 1. The Balaban J connectivity index is 2.15. The summed E-state index contributed by atoms with van der Waals surface area (Å²) in [6.07, 6.45) is 0. The third-order valence-corrected chi connectivity index (χ3v) is 3.19. The van der Waals surface area contributed by atoms with Crippen molar-refractivity contribution < 1.29 is 9.21 Å². The van der Waals surface area contributed by atoms with Gasteiger partial charge in [-0.15, -0.1) is 11.6 Å². The normalized spacial score (nSPS) is 12.2. The molecule has 4 nitrogen and oxygen atoms in total. The summed E-state index contributed by atoms with van der Waals surface area (Å²) in [5, 5.41) is 2.74. The van der Waals surface area contributed by atoms with Gasteiger partial charge in [0.05, 0.1) is 6.54 Å². The summed E-state index contributed by atoms with van der Waals surface area (Å²) in [4.78, 5) is 15.8. The van der Waals surface area contributed by atoms with E-state index in [1.54, 1.807) is 26.0 Å². The van der Waals surface area contributed by atoms with Gasteiger partial charge in [-0.1, -0.05) is 17.7 Å². The summed E-state index contributed by atoms with van der Waals surface area (Å²) in [7, 11) is 0. The highest BCUT2D eigenvalue weighted by molar-refractivity contribution is 6.31. The number of hydrogen-bond acceptors (Lipinski definition) is 3. The van der Waals surface area contributed by atoms with Crippen molar-refractivity contribution in [1.29, 1.82) is 0 Å². The van der Waals surface area contributed by atoms with Crippen LogP contribution < -0.4 is 5.32 Å². The van der Waals surface area contributed by atoms with Gasteiger partial charge in [-0.25, -0.2) is 4.98 Å². The minimum atomic E-state index is -0.574. The second kappa shape index (κ2) is 6.29. The topological polar surface area (TPSA) is 55.1 Å². The van der Waals surface area contributed by atoms with Crippen LogP contribution in [0.3, 0.4) is 0 Å². The average molecular weight is 313 g/mol. The summed E-state index contributed by atoms with van der Waals surface area (Å²) in [6.45, 7) is 3.70. The highest BCUT2D eigenvalue weighted by Gasteiger charge is 2.14. The standard InChI is InChI=1S/C14H14Cl2N2O2/c1-8(15)13(19)17-7-12-9(2)20-14(18-12)10-4-3-5-11(16)6-10/h3-6,8H,7H2,1-2H3,(H,17,19). The van der Waals surface area contributed by atoms with E-state index in [9.17, 15) is 4.79 Å². The number of hydrogen-bond donors (Lipinski definition) is 1. The quantitative estimate of drug-likeness (QED) is 0.878. The van der Waals surface area contributed by atoms with Crippen molar-refractivity contribution in [3.8, 4) is 11.5 Å². The van der Waals surface area contributed by atoms with E-state index in [0.29, 0.717) is 22.4 Å². The SMILES string of the molecule is Cc1oc(-c2cccc(Cl)c2)nc1CNC(=O)C(C)Cl. The van der Waals surface area contributed by atoms with Crippen molar-refractivity contribution in [2.75, 3.05) is 0 Å². The lowest BCUT2D eigenvalue weighted by molar-refractivity contribution is -0.120. The molecule has 1 heterocycles. The molecule has 0 aliphatic carbocycles. The van der Waals surface area contributed by atoms with Gasteiger partial charge < -0.3 is 9.73 Å². The number of rotatable bonds is 4. The number of amides is 1. The maximum atomic E-state index is 11.4. The van der Waals surface area contributed by atoms with E-state index in [1.807, 2.05) is 12.1 Å². The number of nitrogens with zero attached hydrogens (tertiary/aromatic N) is 1. The number of nitrogens with one attached hydrogen (secondary N) is 1. The van der Waals surface area contributed by atoms with E-state index < -0.39 is 5.38 Å². The van der Waals surface area contributed by atoms with Crippen molar-refractivity contribution in [1.82, 2.24) is 10.3 Å². The number of carbonyl (C=O) groups is 1. The largest absolute Gasteiger partial charge is 0.441 e. The Morgan fingerprint density at radius 3 is 2.90 bits per heavy atom. The molecule has 0 radical (unpaired) electrons. The molecule has 2 aromatic rings. The molecule has 0 saturated heterocycles. The van der Waals surface area contributed by atoms with Crippen LogP contribution in [0.1, 0.15) is 18.4 Å². The molecular formula is C14H14Cl2N2O2. The average Bonchev–Trinajstić information content (AvgIpc) is 2.77. The van der Waals surface area contributed by atoms with E-state index in [0.717, 1.165) is 5.56 Å². The molecule has 2 rings (SSSR count). The van der Waals surface area contributed by atoms with Crippen LogP contribution in [0.4, 0.5) is 0 Å². The highest BCUT2D eigenvalue weighted by Crippen LogP contribution is 2.24. The molecule has 0 bridgehead atoms. The number of halogens is 2. The van der Waals surface area contributed by atoms with E-state index in [4.69, 9.17) is 27.6 Å². The maximum absolute atomic E-state index is 11.4. The number of oxazole rings is 1. The van der Waals surface area contributed by atoms with Crippen LogP contribution in [0.2, 0.25) is 5.02 Å². The van der Waals surface area contributed by atoms with Gasteiger partial charge in [-0.2, -0.15) is 0 Å². The van der Waals surface area contributed by atoms with Crippen molar-refractivity contribution >= 4 is 29.1 Å². The van der Waals surface area contributed by atoms with Gasteiger partial charge in [0.25, 0.3) is 0 Å². The summed E-state index contributed by atoms with van der Waals surface area (Å²) in [5.74, 6) is 0.897.